The van der Waals surface area contributed by atoms with Gasteiger partial charge in [-0.15, -0.1) is 0 Å². The van der Waals surface area contributed by atoms with Crippen LogP contribution in [0.5, 0.6) is 17.2 Å². The third-order valence-corrected chi connectivity index (χ3v) is 5.18. The molecule has 8 heteroatoms. The molecule has 0 aliphatic carbocycles. The van der Waals surface area contributed by atoms with Gasteiger partial charge in [-0.2, -0.15) is 0 Å². The van der Waals surface area contributed by atoms with Gasteiger partial charge in [0.2, 0.25) is 5.75 Å². The Labute approximate surface area is 180 Å². The maximum atomic E-state index is 12.9. The zero-order chi connectivity index (χ0) is 22.4. The Morgan fingerprint density at radius 3 is 2.23 bits per heavy atom. The normalized spacial score (nSPS) is 11.6. The highest BCUT2D eigenvalue weighted by molar-refractivity contribution is 5.72. The van der Waals surface area contributed by atoms with E-state index in [0.717, 1.165) is 5.56 Å². The van der Waals surface area contributed by atoms with E-state index in [1.54, 1.807) is 12.1 Å². The summed E-state index contributed by atoms with van der Waals surface area (Å²) in [5.74, 6) is 0.173. The first kappa shape index (κ1) is 22.0. The number of aromatic nitrogens is 2. The molecular weight excluding hydrogens is 400 g/mol. The fourth-order valence-electron chi connectivity index (χ4n) is 3.73. The van der Waals surface area contributed by atoms with Crippen LogP contribution in [0, 0.1) is 0 Å². The van der Waals surface area contributed by atoms with Gasteiger partial charge >= 0.3 is 5.97 Å². The molecule has 1 atom stereocenters. The molecule has 0 aliphatic rings. The Morgan fingerprint density at radius 2 is 1.61 bits per heavy atom. The lowest BCUT2D eigenvalue weighted by Gasteiger charge is -2.22. The number of methoxy groups -OCH3 is 4. The van der Waals surface area contributed by atoms with E-state index in [9.17, 15) is 9.59 Å². The minimum absolute atomic E-state index is 0.0505. The smallest absolute Gasteiger partial charge is 0.306 e. The molecule has 2 N–H and O–H groups in total. The van der Waals surface area contributed by atoms with Crippen LogP contribution < -0.4 is 19.8 Å². The molecule has 0 spiro atoms. The van der Waals surface area contributed by atoms with Crippen LogP contribution in [0.1, 0.15) is 34.7 Å². The SMILES string of the molecule is COC(=O)CC(c1ccc(OC)c(OC)c1OC)c1c(Cc2ccccc2)[nH][nH]c1=O. The number of H-pyrrole nitrogens is 2. The van der Waals surface area contributed by atoms with Crippen molar-refractivity contribution in [3.05, 3.63) is 75.2 Å². The van der Waals surface area contributed by atoms with Gasteiger partial charge in [-0.1, -0.05) is 36.4 Å². The van der Waals surface area contributed by atoms with Gasteiger partial charge in [0.1, 0.15) is 0 Å². The zero-order valence-electron chi connectivity index (χ0n) is 18.0. The molecule has 0 saturated carbocycles. The van der Waals surface area contributed by atoms with Crippen molar-refractivity contribution in [3.8, 4) is 17.2 Å². The van der Waals surface area contributed by atoms with Crippen LogP contribution in [0.2, 0.25) is 0 Å². The van der Waals surface area contributed by atoms with Crippen LogP contribution in [0.15, 0.2) is 47.3 Å². The number of esters is 1. The summed E-state index contributed by atoms with van der Waals surface area (Å²) in [6.45, 7) is 0. The third-order valence-electron chi connectivity index (χ3n) is 5.18. The molecule has 3 rings (SSSR count). The van der Waals surface area contributed by atoms with Crippen LogP contribution in [-0.2, 0) is 16.0 Å². The van der Waals surface area contributed by atoms with Crippen LogP contribution in [0.3, 0.4) is 0 Å². The lowest BCUT2D eigenvalue weighted by atomic mass is 9.86. The van der Waals surface area contributed by atoms with Crippen LogP contribution in [-0.4, -0.2) is 44.6 Å². The van der Waals surface area contributed by atoms with Gasteiger partial charge in [-0.05, 0) is 11.6 Å². The lowest BCUT2D eigenvalue weighted by Crippen LogP contribution is -2.19. The van der Waals surface area contributed by atoms with Crippen molar-refractivity contribution in [2.24, 2.45) is 0 Å². The number of carbonyl (C=O) groups is 1. The highest BCUT2D eigenvalue weighted by atomic mass is 16.5. The summed E-state index contributed by atoms with van der Waals surface area (Å²) in [4.78, 5) is 25.2. The molecule has 164 valence electrons. The largest absolute Gasteiger partial charge is 0.493 e. The Bertz CT molecular complexity index is 1090. The number of nitrogens with one attached hydrogen (secondary N) is 2. The number of hydrogen-bond donors (Lipinski definition) is 2. The average molecular weight is 426 g/mol. The minimum atomic E-state index is -0.629. The zero-order valence-corrected chi connectivity index (χ0v) is 18.0. The molecule has 8 nitrogen and oxygen atoms in total. The van der Waals surface area contributed by atoms with Crippen molar-refractivity contribution in [3.63, 3.8) is 0 Å². The monoisotopic (exact) mass is 426 g/mol. The fraction of sp³-hybridized carbons (Fsp3) is 0.304. The van der Waals surface area contributed by atoms with E-state index in [2.05, 4.69) is 10.2 Å². The van der Waals surface area contributed by atoms with Gasteiger partial charge in [0.25, 0.3) is 5.56 Å². The summed E-state index contributed by atoms with van der Waals surface area (Å²) in [5.41, 5.74) is 2.46. The van der Waals surface area contributed by atoms with E-state index in [4.69, 9.17) is 18.9 Å². The Kier molecular flexibility index (Phi) is 7.02. The molecular formula is C23H26N2O6. The van der Waals surface area contributed by atoms with Gasteiger partial charge in [-0.3, -0.25) is 14.7 Å². The second kappa shape index (κ2) is 9.88. The number of hydrogen-bond acceptors (Lipinski definition) is 6. The Hall–Kier alpha value is -3.68. The summed E-state index contributed by atoms with van der Waals surface area (Å²) < 4.78 is 21.4. The molecule has 3 aromatic rings. The second-order valence-corrected chi connectivity index (χ2v) is 6.89. The molecule has 31 heavy (non-hydrogen) atoms. The van der Waals surface area contributed by atoms with E-state index in [0.29, 0.717) is 40.5 Å². The molecule has 0 aliphatic heterocycles. The Balaban J connectivity index is 2.18. The first-order chi connectivity index (χ1) is 15.0. The summed E-state index contributed by atoms with van der Waals surface area (Å²) in [6.07, 6.45) is 0.438. The van der Waals surface area contributed by atoms with Crippen molar-refractivity contribution in [2.75, 3.05) is 28.4 Å². The topological polar surface area (TPSA) is 103 Å². The number of aromatic amines is 2. The number of rotatable bonds is 9. The van der Waals surface area contributed by atoms with Gasteiger partial charge in [0, 0.05) is 29.2 Å². The maximum absolute atomic E-state index is 12.9. The molecule has 0 radical (unpaired) electrons. The summed E-state index contributed by atoms with van der Waals surface area (Å²) in [5, 5.41) is 5.62. The molecule has 2 aromatic carbocycles. The summed E-state index contributed by atoms with van der Waals surface area (Å²) in [6, 6.07) is 13.2. The standard InChI is InChI=1S/C23H26N2O6/c1-28-18-11-10-15(21(30-3)22(18)31-4)16(13-19(26)29-2)20-17(24-25-23(20)27)12-14-8-6-5-7-9-14/h5-11,16H,12-13H2,1-4H3,(H2,24,25,27). The fourth-order valence-corrected chi connectivity index (χ4v) is 3.73. The molecule has 0 fully saturated rings. The second-order valence-electron chi connectivity index (χ2n) is 6.89. The van der Waals surface area contributed by atoms with Crippen molar-refractivity contribution in [2.45, 2.75) is 18.8 Å². The van der Waals surface area contributed by atoms with Gasteiger partial charge in [0.15, 0.2) is 11.5 Å². The molecule has 1 unspecified atom stereocenters. The van der Waals surface area contributed by atoms with Crippen molar-refractivity contribution >= 4 is 5.97 Å². The van der Waals surface area contributed by atoms with Crippen molar-refractivity contribution in [1.82, 2.24) is 10.2 Å². The predicted octanol–water partition coefficient (Wildman–Crippen LogP) is 3.01. The first-order valence-electron chi connectivity index (χ1n) is 9.73. The van der Waals surface area contributed by atoms with E-state index < -0.39 is 11.9 Å². The molecule has 0 amide bonds. The molecule has 1 aromatic heterocycles. The van der Waals surface area contributed by atoms with E-state index in [-0.39, 0.29) is 12.0 Å². The van der Waals surface area contributed by atoms with Gasteiger partial charge < -0.3 is 24.0 Å². The highest BCUT2D eigenvalue weighted by Crippen LogP contribution is 2.45. The van der Waals surface area contributed by atoms with Crippen molar-refractivity contribution < 1.29 is 23.7 Å². The predicted molar refractivity (Wildman–Crippen MR) is 115 cm³/mol. The highest BCUT2D eigenvalue weighted by Gasteiger charge is 2.30. The van der Waals surface area contributed by atoms with Crippen molar-refractivity contribution in [1.29, 1.82) is 0 Å². The van der Waals surface area contributed by atoms with Gasteiger partial charge in [-0.25, -0.2) is 0 Å². The summed E-state index contributed by atoms with van der Waals surface area (Å²) in [7, 11) is 5.85. The van der Waals surface area contributed by atoms with E-state index in [1.165, 1.54) is 28.4 Å². The Morgan fingerprint density at radius 1 is 0.903 bits per heavy atom. The average Bonchev–Trinajstić information content (AvgIpc) is 3.16. The maximum Gasteiger partial charge on any atom is 0.306 e. The molecule has 0 bridgehead atoms. The van der Waals surface area contributed by atoms with Gasteiger partial charge in [0.05, 0.1) is 34.9 Å². The number of benzene rings is 2. The lowest BCUT2D eigenvalue weighted by molar-refractivity contribution is -0.140. The van der Waals surface area contributed by atoms with E-state index in [1.807, 2.05) is 30.3 Å². The number of ether oxygens (including phenoxy) is 4. The van der Waals surface area contributed by atoms with Crippen LogP contribution in [0.25, 0.3) is 0 Å². The minimum Gasteiger partial charge on any atom is -0.493 e. The third kappa shape index (κ3) is 4.58. The molecule has 1 heterocycles. The van der Waals surface area contributed by atoms with E-state index >= 15 is 0 Å². The van der Waals surface area contributed by atoms with Crippen LogP contribution >= 0.6 is 0 Å². The van der Waals surface area contributed by atoms with Crippen LogP contribution in [0.4, 0.5) is 0 Å². The number of carbonyl (C=O) groups excluding carboxylic acids is 1. The first-order valence-corrected chi connectivity index (χ1v) is 9.73. The molecule has 0 saturated heterocycles. The quantitative estimate of drug-likeness (QED) is 0.510. The summed E-state index contributed by atoms with van der Waals surface area (Å²) >= 11 is 0.